The third-order valence-corrected chi connectivity index (χ3v) is 6.74. The summed E-state index contributed by atoms with van der Waals surface area (Å²) in [7, 11) is 3.11. The van der Waals surface area contributed by atoms with Crippen molar-refractivity contribution < 1.29 is 27.4 Å². The van der Waals surface area contributed by atoms with Gasteiger partial charge < -0.3 is 20.1 Å². The Morgan fingerprint density at radius 3 is 2.33 bits per heavy atom. The lowest BCUT2D eigenvalue weighted by molar-refractivity contribution is -0.137. The second kappa shape index (κ2) is 9.26. The Balaban J connectivity index is 1.60. The summed E-state index contributed by atoms with van der Waals surface area (Å²) in [6, 6.07) is 17.5. The Bertz CT molecular complexity index is 1340. The van der Waals surface area contributed by atoms with E-state index in [9.17, 15) is 18.0 Å². The third-order valence-electron chi connectivity index (χ3n) is 6.74. The first-order chi connectivity index (χ1) is 17.3. The van der Waals surface area contributed by atoms with E-state index < -0.39 is 23.7 Å². The zero-order valence-electron chi connectivity index (χ0n) is 19.7. The van der Waals surface area contributed by atoms with Crippen molar-refractivity contribution in [3.63, 3.8) is 0 Å². The number of methoxy groups -OCH3 is 2. The molecule has 186 valence electrons. The number of hydrogen-bond donors (Lipinski definition) is 2. The highest BCUT2D eigenvalue weighted by Crippen LogP contribution is 2.45. The van der Waals surface area contributed by atoms with Gasteiger partial charge >= 0.3 is 6.18 Å². The topological polar surface area (TPSA) is 59.6 Å². The number of fused-ring (bicyclic) bond motifs is 2. The molecule has 36 heavy (non-hydrogen) atoms. The molecule has 0 fully saturated rings. The van der Waals surface area contributed by atoms with E-state index in [-0.39, 0.29) is 18.1 Å². The number of halogens is 3. The number of carbonyl (C=O) groups is 1. The Morgan fingerprint density at radius 1 is 0.861 bits per heavy atom. The van der Waals surface area contributed by atoms with Gasteiger partial charge in [0, 0.05) is 18.0 Å². The summed E-state index contributed by atoms with van der Waals surface area (Å²) in [6.45, 7) is 0. The number of rotatable bonds is 4. The molecule has 3 aromatic rings. The summed E-state index contributed by atoms with van der Waals surface area (Å²) in [6.07, 6.45) is -2.28. The average Bonchev–Trinajstić information content (AvgIpc) is 3.04. The highest BCUT2D eigenvalue weighted by molar-refractivity contribution is 5.90. The van der Waals surface area contributed by atoms with Gasteiger partial charge in [0.2, 0.25) is 0 Å². The van der Waals surface area contributed by atoms with Crippen molar-refractivity contribution in [2.75, 3.05) is 24.9 Å². The molecule has 0 saturated heterocycles. The SMILES string of the molecule is COc1ccc(C2C=C3Nc4ccccc4NC(c4cccc(C(F)(F)F)c4)C3C(=O)C2)cc1OC. The number of alkyl halides is 3. The largest absolute Gasteiger partial charge is 0.493 e. The van der Waals surface area contributed by atoms with Gasteiger partial charge in [0.05, 0.1) is 43.1 Å². The molecule has 3 aromatic carbocycles. The van der Waals surface area contributed by atoms with Crippen LogP contribution in [0.5, 0.6) is 11.5 Å². The van der Waals surface area contributed by atoms with Gasteiger partial charge in [0.1, 0.15) is 5.78 Å². The predicted octanol–water partition coefficient (Wildman–Crippen LogP) is 6.56. The van der Waals surface area contributed by atoms with E-state index in [0.717, 1.165) is 23.4 Å². The molecule has 5 rings (SSSR count). The van der Waals surface area contributed by atoms with E-state index in [2.05, 4.69) is 10.6 Å². The van der Waals surface area contributed by atoms with Gasteiger partial charge in [-0.05, 0) is 47.5 Å². The molecule has 2 aliphatic rings. The van der Waals surface area contributed by atoms with Gasteiger partial charge in [0.15, 0.2) is 11.5 Å². The summed E-state index contributed by atoms with van der Waals surface area (Å²) in [5.41, 5.74) is 2.66. The fourth-order valence-electron chi connectivity index (χ4n) is 4.99. The first-order valence-electron chi connectivity index (χ1n) is 11.5. The van der Waals surface area contributed by atoms with Crippen LogP contribution in [0.25, 0.3) is 0 Å². The van der Waals surface area contributed by atoms with Crippen molar-refractivity contribution in [3.8, 4) is 11.5 Å². The maximum atomic E-state index is 13.7. The first kappa shape index (κ1) is 23.8. The van der Waals surface area contributed by atoms with Crippen molar-refractivity contribution in [1.82, 2.24) is 0 Å². The highest BCUT2D eigenvalue weighted by atomic mass is 19.4. The smallest absolute Gasteiger partial charge is 0.416 e. The van der Waals surface area contributed by atoms with E-state index in [1.54, 1.807) is 26.4 Å². The molecule has 8 heteroatoms. The molecular weight excluding hydrogens is 469 g/mol. The predicted molar refractivity (Wildman–Crippen MR) is 131 cm³/mol. The number of anilines is 2. The molecule has 5 nitrogen and oxygen atoms in total. The number of benzene rings is 3. The van der Waals surface area contributed by atoms with Crippen LogP contribution >= 0.6 is 0 Å². The summed E-state index contributed by atoms with van der Waals surface area (Å²) in [5, 5.41) is 6.73. The monoisotopic (exact) mass is 494 g/mol. The summed E-state index contributed by atoms with van der Waals surface area (Å²) in [5.74, 6) is 0.165. The summed E-state index contributed by atoms with van der Waals surface area (Å²) in [4.78, 5) is 13.7. The quantitative estimate of drug-likeness (QED) is 0.430. The van der Waals surface area contributed by atoms with Crippen LogP contribution in [0.15, 0.2) is 78.5 Å². The van der Waals surface area contributed by atoms with Gasteiger partial charge in [-0.25, -0.2) is 0 Å². The standard InChI is InChI=1S/C28H25F3N2O3/c1-35-24-11-10-16(15-25(24)36-2)18-13-22-26(23(34)14-18)27(33-21-9-4-3-8-20(21)32-22)17-6-5-7-19(12-17)28(29,30)31/h3-13,15,18,26-27,32-33H,14H2,1-2H3. The van der Waals surface area contributed by atoms with Crippen LogP contribution in [0.2, 0.25) is 0 Å². The van der Waals surface area contributed by atoms with E-state index in [4.69, 9.17) is 9.47 Å². The highest BCUT2D eigenvalue weighted by Gasteiger charge is 2.41. The number of allylic oxidation sites excluding steroid dienone is 1. The van der Waals surface area contributed by atoms with Gasteiger partial charge in [0.25, 0.3) is 0 Å². The van der Waals surface area contributed by atoms with Crippen LogP contribution in [0.1, 0.15) is 35.1 Å². The molecule has 0 aromatic heterocycles. The summed E-state index contributed by atoms with van der Waals surface area (Å²) < 4.78 is 51.2. The molecule has 3 unspecified atom stereocenters. The minimum absolute atomic E-state index is 0.0671. The number of Topliss-reactive ketones (excluding diaryl/α,β-unsaturated/α-hetero) is 1. The van der Waals surface area contributed by atoms with E-state index in [1.807, 2.05) is 42.5 Å². The maximum absolute atomic E-state index is 13.7. The number of nitrogens with one attached hydrogen (secondary N) is 2. The molecule has 1 aliphatic carbocycles. The van der Waals surface area contributed by atoms with Gasteiger partial charge in [-0.3, -0.25) is 4.79 Å². The molecule has 0 amide bonds. The maximum Gasteiger partial charge on any atom is 0.416 e. The summed E-state index contributed by atoms with van der Waals surface area (Å²) >= 11 is 0. The third kappa shape index (κ3) is 4.39. The minimum Gasteiger partial charge on any atom is -0.493 e. The lowest BCUT2D eigenvalue weighted by Gasteiger charge is -2.33. The number of ether oxygens (including phenoxy) is 2. The number of hydrogen-bond acceptors (Lipinski definition) is 5. The minimum atomic E-state index is -4.48. The Hall–Kier alpha value is -3.94. The van der Waals surface area contributed by atoms with E-state index in [0.29, 0.717) is 28.4 Å². The lowest BCUT2D eigenvalue weighted by atomic mass is 9.76. The van der Waals surface area contributed by atoms with Crippen molar-refractivity contribution in [1.29, 1.82) is 0 Å². The van der Waals surface area contributed by atoms with E-state index in [1.165, 1.54) is 6.07 Å². The first-order valence-corrected chi connectivity index (χ1v) is 11.5. The fraction of sp³-hybridized carbons (Fsp3) is 0.250. The second-order valence-electron chi connectivity index (χ2n) is 8.91. The molecule has 3 atom stereocenters. The molecule has 1 aliphatic heterocycles. The molecular formula is C28H25F3N2O3. The van der Waals surface area contributed by atoms with Gasteiger partial charge in [-0.2, -0.15) is 13.2 Å². The second-order valence-corrected chi connectivity index (χ2v) is 8.91. The molecule has 2 N–H and O–H groups in total. The zero-order valence-corrected chi connectivity index (χ0v) is 19.7. The van der Waals surface area contributed by atoms with Crippen molar-refractivity contribution in [2.24, 2.45) is 5.92 Å². The normalized spacial score (nSPS) is 21.2. The number of ketones is 1. The molecule has 0 radical (unpaired) electrons. The molecule has 0 bridgehead atoms. The van der Waals surface area contributed by atoms with Crippen LogP contribution in [0, 0.1) is 5.92 Å². The van der Waals surface area contributed by atoms with Crippen LogP contribution in [0.4, 0.5) is 24.5 Å². The van der Waals surface area contributed by atoms with Crippen LogP contribution in [0.3, 0.4) is 0 Å². The lowest BCUT2D eigenvalue weighted by Crippen LogP contribution is -2.34. The Morgan fingerprint density at radius 2 is 1.61 bits per heavy atom. The molecule has 1 heterocycles. The molecule has 0 saturated carbocycles. The van der Waals surface area contributed by atoms with Gasteiger partial charge in [-0.1, -0.05) is 36.4 Å². The van der Waals surface area contributed by atoms with Crippen LogP contribution < -0.4 is 20.1 Å². The number of para-hydroxylation sites is 2. The van der Waals surface area contributed by atoms with Crippen molar-refractivity contribution >= 4 is 17.2 Å². The van der Waals surface area contributed by atoms with Gasteiger partial charge in [-0.15, -0.1) is 0 Å². The average molecular weight is 495 g/mol. The Labute approximate surface area is 206 Å². The Kier molecular flexibility index (Phi) is 6.12. The molecule has 0 spiro atoms. The number of carbonyl (C=O) groups excluding carboxylic acids is 1. The van der Waals surface area contributed by atoms with Crippen molar-refractivity contribution in [2.45, 2.75) is 24.6 Å². The van der Waals surface area contributed by atoms with E-state index >= 15 is 0 Å². The fourth-order valence-corrected chi connectivity index (χ4v) is 4.99. The zero-order chi connectivity index (χ0) is 25.4. The van der Waals surface area contributed by atoms with Crippen molar-refractivity contribution in [3.05, 3.63) is 95.2 Å². The van der Waals surface area contributed by atoms with Crippen LogP contribution in [-0.2, 0) is 11.0 Å². The van der Waals surface area contributed by atoms with Crippen LogP contribution in [-0.4, -0.2) is 20.0 Å².